The van der Waals surface area contributed by atoms with E-state index in [2.05, 4.69) is 17.6 Å². The zero-order valence-corrected chi connectivity index (χ0v) is 22.9. The van der Waals surface area contributed by atoms with Gasteiger partial charge in [-0.05, 0) is 50.2 Å². The second-order valence-corrected chi connectivity index (χ2v) is 11.1. The molecule has 2 aromatic rings. The Morgan fingerprint density at radius 1 is 1.03 bits per heavy atom. The monoisotopic (exact) mass is 507 g/mol. The van der Waals surface area contributed by atoms with Crippen molar-refractivity contribution in [2.45, 2.75) is 84.7 Å². The molecule has 2 N–H and O–H groups in total. The van der Waals surface area contributed by atoms with E-state index in [0.29, 0.717) is 13.0 Å². The quantitative estimate of drug-likeness (QED) is 0.462. The summed E-state index contributed by atoms with van der Waals surface area (Å²) in [5, 5.41) is 5.86. The van der Waals surface area contributed by atoms with Gasteiger partial charge in [0.2, 0.25) is 11.8 Å². The number of carbonyl (C=O) groups is 3. The van der Waals surface area contributed by atoms with Gasteiger partial charge in [-0.2, -0.15) is 0 Å². The van der Waals surface area contributed by atoms with Crippen LogP contribution in [0.25, 0.3) is 0 Å². The van der Waals surface area contributed by atoms with Crippen molar-refractivity contribution in [3.05, 3.63) is 71.8 Å². The van der Waals surface area contributed by atoms with Gasteiger partial charge < -0.3 is 20.3 Å². The molecule has 1 fully saturated rings. The van der Waals surface area contributed by atoms with Gasteiger partial charge in [0, 0.05) is 12.6 Å². The predicted octanol–water partition coefficient (Wildman–Crippen LogP) is 5.22. The highest BCUT2D eigenvalue weighted by atomic mass is 16.6. The first-order valence-electron chi connectivity index (χ1n) is 13.2. The van der Waals surface area contributed by atoms with Crippen LogP contribution < -0.4 is 10.6 Å². The number of ether oxygens (including phenoxy) is 1. The molecule has 3 amide bonds. The molecule has 7 heteroatoms. The summed E-state index contributed by atoms with van der Waals surface area (Å²) in [5.74, 6) is -0.405. The maximum absolute atomic E-state index is 14.2. The van der Waals surface area contributed by atoms with Crippen LogP contribution in [-0.2, 0) is 20.9 Å². The van der Waals surface area contributed by atoms with E-state index in [9.17, 15) is 14.4 Å². The summed E-state index contributed by atoms with van der Waals surface area (Å²) >= 11 is 0. The first kappa shape index (κ1) is 28.2. The van der Waals surface area contributed by atoms with Crippen LogP contribution in [0.4, 0.5) is 4.79 Å². The third-order valence-corrected chi connectivity index (χ3v) is 6.78. The molecule has 37 heavy (non-hydrogen) atoms. The topological polar surface area (TPSA) is 87.7 Å². The van der Waals surface area contributed by atoms with E-state index in [1.807, 2.05) is 74.5 Å². The van der Waals surface area contributed by atoms with Gasteiger partial charge >= 0.3 is 6.09 Å². The number of nitrogens with one attached hydrogen (secondary N) is 2. The molecule has 3 rings (SSSR count). The Hall–Kier alpha value is -3.35. The van der Waals surface area contributed by atoms with Crippen molar-refractivity contribution in [3.8, 4) is 0 Å². The van der Waals surface area contributed by atoms with Crippen LogP contribution in [0.15, 0.2) is 60.7 Å². The molecule has 0 bridgehead atoms. The molecule has 0 heterocycles. The maximum Gasteiger partial charge on any atom is 0.408 e. The van der Waals surface area contributed by atoms with Crippen LogP contribution in [0, 0.1) is 11.8 Å². The SMILES string of the molecule is CCC(C)C(NC(=O)OC(C)(C)C)C(=O)N(C(C(=O)NCc1ccccc1)c1ccccc1)C1CC1C. The van der Waals surface area contributed by atoms with Gasteiger partial charge in [-0.25, -0.2) is 4.79 Å². The zero-order valence-electron chi connectivity index (χ0n) is 22.9. The first-order chi connectivity index (χ1) is 17.5. The highest BCUT2D eigenvalue weighted by Crippen LogP contribution is 2.41. The van der Waals surface area contributed by atoms with Crippen molar-refractivity contribution in [2.24, 2.45) is 11.8 Å². The van der Waals surface area contributed by atoms with Gasteiger partial charge in [0.05, 0.1) is 0 Å². The van der Waals surface area contributed by atoms with E-state index in [-0.39, 0.29) is 29.7 Å². The average Bonchev–Trinajstić information content (AvgIpc) is 3.59. The van der Waals surface area contributed by atoms with Crippen molar-refractivity contribution in [2.75, 3.05) is 0 Å². The smallest absolute Gasteiger partial charge is 0.408 e. The van der Waals surface area contributed by atoms with Crippen LogP contribution >= 0.6 is 0 Å². The molecule has 7 nitrogen and oxygen atoms in total. The Morgan fingerprint density at radius 2 is 1.59 bits per heavy atom. The van der Waals surface area contributed by atoms with Gasteiger partial charge in [-0.3, -0.25) is 9.59 Å². The van der Waals surface area contributed by atoms with Gasteiger partial charge in [-0.15, -0.1) is 0 Å². The van der Waals surface area contributed by atoms with Gasteiger partial charge in [0.1, 0.15) is 17.7 Å². The molecule has 1 aliphatic rings. The Labute approximate surface area is 221 Å². The molecule has 0 saturated heterocycles. The summed E-state index contributed by atoms with van der Waals surface area (Å²) in [5.41, 5.74) is 1.02. The molecule has 5 atom stereocenters. The van der Waals surface area contributed by atoms with E-state index in [0.717, 1.165) is 17.5 Å². The van der Waals surface area contributed by atoms with E-state index >= 15 is 0 Å². The molecular weight excluding hydrogens is 466 g/mol. The zero-order chi connectivity index (χ0) is 27.2. The lowest BCUT2D eigenvalue weighted by Crippen LogP contribution is -2.56. The summed E-state index contributed by atoms with van der Waals surface area (Å²) in [6, 6.07) is 17.3. The predicted molar refractivity (Wildman–Crippen MR) is 144 cm³/mol. The largest absolute Gasteiger partial charge is 0.444 e. The normalized spacial score (nSPS) is 19.2. The molecule has 0 spiro atoms. The number of hydrogen-bond donors (Lipinski definition) is 2. The Kier molecular flexibility index (Phi) is 9.35. The summed E-state index contributed by atoms with van der Waals surface area (Å²) < 4.78 is 5.47. The lowest BCUT2D eigenvalue weighted by Gasteiger charge is -2.36. The molecule has 1 saturated carbocycles. The van der Waals surface area contributed by atoms with Crippen LogP contribution in [0.2, 0.25) is 0 Å². The standard InChI is InChI=1S/C30H41N3O4/c1-7-20(2)25(32-29(36)37-30(4,5)6)28(35)33(24-18-21(24)3)26(23-16-12-9-13-17-23)27(34)31-19-22-14-10-8-11-15-22/h8-17,20-21,24-26H,7,18-19H2,1-6H3,(H,31,34)(H,32,36). The second kappa shape index (κ2) is 12.3. The highest BCUT2D eigenvalue weighted by Gasteiger charge is 2.48. The fourth-order valence-electron chi connectivity index (χ4n) is 4.41. The van der Waals surface area contributed by atoms with Crippen LogP contribution in [0.5, 0.6) is 0 Å². The molecule has 200 valence electrons. The highest BCUT2D eigenvalue weighted by molar-refractivity contribution is 5.92. The lowest BCUT2D eigenvalue weighted by atomic mass is 9.95. The van der Waals surface area contributed by atoms with E-state index < -0.39 is 23.8 Å². The van der Waals surface area contributed by atoms with Crippen molar-refractivity contribution in [3.63, 3.8) is 0 Å². The van der Waals surface area contributed by atoms with Crippen molar-refractivity contribution >= 4 is 17.9 Å². The average molecular weight is 508 g/mol. The lowest BCUT2D eigenvalue weighted by molar-refractivity contribution is -0.144. The van der Waals surface area contributed by atoms with Crippen molar-refractivity contribution in [1.29, 1.82) is 0 Å². The second-order valence-electron chi connectivity index (χ2n) is 11.1. The summed E-state index contributed by atoms with van der Waals surface area (Å²) in [7, 11) is 0. The van der Waals surface area contributed by atoms with Crippen LogP contribution in [0.3, 0.4) is 0 Å². The fraction of sp³-hybridized carbons (Fsp3) is 0.500. The van der Waals surface area contributed by atoms with Crippen molar-refractivity contribution in [1.82, 2.24) is 15.5 Å². The number of hydrogen-bond acceptors (Lipinski definition) is 4. The number of benzene rings is 2. The van der Waals surface area contributed by atoms with E-state index in [1.54, 1.807) is 25.7 Å². The number of carbonyl (C=O) groups excluding carboxylic acids is 3. The minimum Gasteiger partial charge on any atom is -0.444 e. The number of amides is 3. The molecule has 0 radical (unpaired) electrons. The number of alkyl carbamates (subject to hydrolysis) is 1. The summed E-state index contributed by atoms with van der Waals surface area (Å²) in [4.78, 5) is 42.4. The number of rotatable bonds is 10. The van der Waals surface area contributed by atoms with Gasteiger partial charge in [0.15, 0.2) is 0 Å². The molecule has 0 aromatic heterocycles. The molecular formula is C30H41N3O4. The van der Waals surface area contributed by atoms with Gasteiger partial charge in [0.25, 0.3) is 0 Å². The fourth-order valence-corrected chi connectivity index (χ4v) is 4.41. The minimum absolute atomic E-state index is 0.0906. The maximum atomic E-state index is 14.2. The Bertz CT molecular complexity index is 1050. The summed E-state index contributed by atoms with van der Waals surface area (Å²) in [6.07, 6.45) is 0.844. The van der Waals surface area contributed by atoms with E-state index in [1.165, 1.54) is 0 Å². The third-order valence-electron chi connectivity index (χ3n) is 6.78. The molecule has 5 unspecified atom stereocenters. The van der Waals surface area contributed by atoms with Crippen LogP contribution in [0.1, 0.15) is 71.6 Å². The third kappa shape index (κ3) is 7.81. The minimum atomic E-state index is -0.820. The number of nitrogens with zero attached hydrogens (tertiary/aromatic N) is 1. The first-order valence-corrected chi connectivity index (χ1v) is 13.2. The molecule has 1 aliphatic carbocycles. The van der Waals surface area contributed by atoms with Crippen molar-refractivity contribution < 1.29 is 19.1 Å². The Morgan fingerprint density at radius 3 is 2.11 bits per heavy atom. The van der Waals surface area contributed by atoms with Crippen LogP contribution in [-0.4, -0.2) is 40.5 Å². The van der Waals surface area contributed by atoms with Gasteiger partial charge in [-0.1, -0.05) is 87.9 Å². The summed E-state index contributed by atoms with van der Waals surface area (Å²) in [6.45, 7) is 11.7. The molecule has 0 aliphatic heterocycles. The Balaban J connectivity index is 1.94. The molecule has 2 aromatic carbocycles. The van der Waals surface area contributed by atoms with E-state index in [4.69, 9.17) is 4.74 Å².